The lowest BCUT2D eigenvalue weighted by Crippen LogP contribution is -2.16. The standard InChI is InChI=1S/C11H12N2O/c1-2-9-8-12-13(11(9)14)10-6-4-3-5-7-10/h3-8,12H,2H2,1H3. The maximum Gasteiger partial charge on any atom is 0.274 e. The van der Waals surface area contributed by atoms with E-state index in [1.165, 1.54) is 0 Å². The molecule has 0 fully saturated rings. The van der Waals surface area contributed by atoms with E-state index in [1.54, 1.807) is 10.9 Å². The topological polar surface area (TPSA) is 37.8 Å². The number of hydrogen-bond acceptors (Lipinski definition) is 1. The second kappa shape index (κ2) is 3.54. The first-order valence-electron chi connectivity index (χ1n) is 4.67. The molecule has 0 atom stereocenters. The Balaban J connectivity index is 2.53. The Morgan fingerprint density at radius 2 is 2.00 bits per heavy atom. The summed E-state index contributed by atoms with van der Waals surface area (Å²) >= 11 is 0. The van der Waals surface area contributed by atoms with Crippen LogP contribution < -0.4 is 5.56 Å². The van der Waals surface area contributed by atoms with Crippen molar-refractivity contribution >= 4 is 0 Å². The molecule has 1 N–H and O–H groups in total. The van der Waals surface area contributed by atoms with E-state index in [9.17, 15) is 4.79 Å². The highest BCUT2D eigenvalue weighted by Crippen LogP contribution is 2.02. The third-order valence-electron chi connectivity index (χ3n) is 2.24. The number of rotatable bonds is 2. The summed E-state index contributed by atoms with van der Waals surface area (Å²) in [6, 6.07) is 9.55. The molecule has 3 nitrogen and oxygen atoms in total. The number of nitrogens with zero attached hydrogens (tertiary/aromatic N) is 1. The van der Waals surface area contributed by atoms with Gasteiger partial charge in [-0.25, -0.2) is 4.68 Å². The van der Waals surface area contributed by atoms with Crippen LogP contribution in [0.3, 0.4) is 0 Å². The molecule has 72 valence electrons. The van der Waals surface area contributed by atoms with Crippen molar-refractivity contribution in [1.82, 2.24) is 9.78 Å². The number of aryl methyl sites for hydroxylation is 1. The monoisotopic (exact) mass is 188 g/mol. The summed E-state index contributed by atoms with van der Waals surface area (Å²) in [5, 5.41) is 2.95. The van der Waals surface area contributed by atoms with Crippen molar-refractivity contribution in [2.24, 2.45) is 0 Å². The van der Waals surface area contributed by atoms with Gasteiger partial charge in [-0.15, -0.1) is 0 Å². The number of hydrogen-bond donors (Lipinski definition) is 1. The molecule has 0 aliphatic carbocycles. The SMILES string of the molecule is CCc1c[nH]n(-c2ccccc2)c1=O. The number of H-pyrrole nitrogens is 1. The minimum absolute atomic E-state index is 0.0405. The van der Waals surface area contributed by atoms with E-state index >= 15 is 0 Å². The molecule has 0 spiro atoms. The van der Waals surface area contributed by atoms with Gasteiger partial charge >= 0.3 is 0 Å². The largest absolute Gasteiger partial charge is 0.298 e. The van der Waals surface area contributed by atoms with Gasteiger partial charge in [0.25, 0.3) is 5.56 Å². The molecule has 3 heteroatoms. The highest BCUT2D eigenvalue weighted by molar-refractivity contribution is 5.30. The van der Waals surface area contributed by atoms with Crippen LogP contribution in [0.15, 0.2) is 41.3 Å². The van der Waals surface area contributed by atoms with Gasteiger partial charge < -0.3 is 0 Å². The van der Waals surface area contributed by atoms with Gasteiger partial charge in [-0.3, -0.25) is 9.89 Å². The van der Waals surface area contributed by atoms with Gasteiger partial charge in [0, 0.05) is 11.8 Å². The number of aromatic amines is 1. The van der Waals surface area contributed by atoms with E-state index in [2.05, 4.69) is 5.10 Å². The summed E-state index contributed by atoms with van der Waals surface area (Å²) in [6.45, 7) is 1.97. The van der Waals surface area contributed by atoms with Crippen LogP contribution in [-0.4, -0.2) is 9.78 Å². The smallest absolute Gasteiger partial charge is 0.274 e. The van der Waals surface area contributed by atoms with Crippen LogP contribution in [0.5, 0.6) is 0 Å². The highest BCUT2D eigenvalue weighted by Gasteiger charge is 2.04. The van der Waals surface area contributed by atoms with E-state index in [-0.39, 0.29) is 5.56 Å². The van der Waals surface area contributed by atoms with E-state index in [0.717, 1.165) is 17.7 Å². The molecule has 0 aliphatic heterocycles. The van der Waals surface area contributed by atoms with Crippen LogP contribution >= 0.6 is 0 Å². The lowest BCUT2D eigenvalue weighted by atomic mass is 10.3. The molecule has 2 aromatic rings. The molecule has 0 unspecified atom stereocenters. The van der Waals surface area contributed by atoms with Crippen molar-refractivity contribution in [1.29, 1.82) is 0 Å². The van der Waals surface area contributed by atoms with Gasteiger partial charge in [-0.1, -0.05) is 25.1 Å². The maximum atomic E-state index is 11.7. The van der Waals surface area contributed by atoms with Crippen LogP contribution in [0.25, 0.3) is 5.69 Å². The molecule has 0 aliphatic rings. The predicted molar refractivity (Wildman–Crippen MR) is 55.8 cm³/mol. The van der Waals surface area contributed by atoms with Crippen molar-refractivity contribution < 1.29 is 0 Å². The third kappa shape index (κ3) is 1.37. The van der Waals surface area contributed by atoms with Gasteiger partial charge in [0.2, 0.25) is 0 Å². The van der Waals surface area contributed by atoms with E-state index in [0.29, 0.717) is 0 Å². The Kier molecular flexibility index (Phi) is 2.23. The summed E-state index contributed by atoms with van der Waals surface area (Å²) in [7, 11) is 0. The van der Waals surface area contributed by atoms with Crippen LogP contribution in [0, 0.1) is 0 Å². The number of para-hydroxylation sites is 1. The average Bonchev–Trinajstić information content (AvgIpc) is 2.61. The number of aromatic nitrogens is 2. The zero-order chi connectivity index (χ0) is 9.97. The summed E-state index contributed by atoms with van der Waals surface area (Å²) in [5.74, 6) is 0. The fourth-order valence-corrected chi connectivity index (χ4v) is 1.43. The lowest BCUT2D eigenvalue weighted by Gasteiger charge is -1.99. The first-order valence-corrected chi connectivity index (χ1v) is 4.67. The first-order chi connectivity index (χ1) is 6.83. The molecule has 1 aromatic heterocycles. The molecular weight excluding hydrogens is 176 g/mol. The second-order valence-electron chi connectivity index (χ2n) is 3.13. The highest BCUT2D eigenvalue weighted by atomic mass is 16.1. The fraction of sp³-hybridized carbons (Fsp3) is 0.182. The van der Waals surface area contributed by atoms with Gasteiger partial charge in [0.15, 0.2) is 0 Å². The van der Waals surface area contributed by atoms with Crippen molar-refractivity contribution in [2.45, 2.75) is 13.3 Å². The number of nitrogens with one attached hydrogen (secondary N) is 1. The Morgan fingerprint density at radius 1 is 1.29 bits per heavy atom. The van der Waals surface area contributed by atoms with Crippen LogP contribution in [0.2, 0.25) is 0 Å². The molecule has 1 heterocycles. The minimum Gasteiger partial charge on any atom is -0.298 e. The maximum absolute atomic E-state index is 11.7. The van der Waals surface area contributed by atoms with Gasteiger partial charge in [-0.2, -0.15) is 0 Å². The quantitative estimate of drug-likeness (QED) is 0.765. The zero-order valence-electron chi connectivity index (χ0n) is 8.03. The van der Waals surface area contributed by atoms with Crippen LogP contribution in [-0.2, 0) is 6.42 Å². The lowest BCUT2D eigenvalue weighted by molar-refractivity contribution is 0.846. The summed E-state index contributed by atoms with van der Waals surface area (Å²) in [5.41, 5.74) is 1.73. The molecule has 0 saturated carbocycles. The third-order valence-corrected chi connectivity index (χ3v) is 2.24. The van der Waals surface area contributed by atoms with Crippen molar-refractivity contribution in [3.05, 3.63) is 52.4 Å². The minimum atomic E-state index is 0.0405. The molecule has 0 bridgehead atoms. The van der Waals surface area contributed by atoms with E-state index in [4.69, 9.17) is 0 Å². The molecule has 2 rings (SSSR count). The van der Waals surface area contributed by atoms with Crippen molar-refractivity contribution in [2.75, 3.05) is 0 Å². The Hall–Kier alpha value is -1.77. The van der Waals surface area contributed by atoms with Crippen LogP contribution in [0.4, 0.5) is 0 Å². The van der Waals surface area contributed by atoms with Gasteiger partial charge in [-0.05, 0) is 18.6 Å². The summed E-state index contributed by atoms with van der Waals surface area (Å²) in [4.78, 5) is 11.7. The van der Waals surface area contributed by atoms with E-state index < -0.39 is 0 Å². The molecule has 14 heavy (non-hydrogen) atoms. The first kappa shape index (κ1) is 8.81. The Labute approximate surface area is 82.0 Å². The molecule has 0 amide bonds. The molecular formula is C11H12N2O. The Morgan fingerprint density at radius 3 is 2.57 bits per heavy atom. The summed E-state index contributed by atoms with van der Waals surface area (Å²) in [6.07, 6.45) is 2.52. The number of benzene rings is 1. The van der Waals surface area contributed by atoms with E-state index in [1.807, 2.05) is 37.3 Å². The van der Waals surface area contributed by atoms with Crippen LogP contribution in [0.1, 0.15) is 12.5 Å². The van der Waals surface area contributed by atoms with Crippen molar-refractivity contribution in [3.63, 3.8) is 0 Å². The van der Waals surface area contributed by atoms with Gasteiger partial charge in [0.1, 0.15) is 0 Å². The summed E-state index contributed by atoms with van der Waals surface area (Å²) < 4.78 is 1.55. The predicted octanol–water partition coefficient (Wildman–Crippen LogP) is 1.73. The normalized spacial score (nSPS) is 10.4. The molecule has 0 saturated heterocycles. The zero-order valence-corrected chi connectivity index (χ0v) is 8.03. The fourth-order valence-electron chi connectivity index (χ4n) is 1.43. The van der Waals surface area contributed by atoms with Gasteiger partial charge in [0.05, 0.1) is 5.69 Å². The van der Waals surface area contributed by atoms with Crippen molar-refractivity contribution in [3.8, 4) is 5.69 Å². The average molecular weight is 188 g/mol. The second-order valence-corrected chi connectivity index (χ2v) is 3.13. The molecule has 1 aromatic carbocycles. The molecule has 0 radical (unpaired) electrons. The Bertz CT molecular complexity index is 468.